The monoisotopic (exact) mass is 305 g/mol. The SMILES string of the molecule is Nc1ccc(N2CCN(c3ccccc3F)CC2)c(Cl)c1. The van der Waals surface area contributed by atoms with Crippen molar-refractivity contribution in [3.63, 3.8) is 0 Å². The fourth-order valence-electron chi connectivity index (χ4n) is 2.68. The minimum atomic E-state index is -0.170. The Morgan fingerprint density at radius 2 is 1.52 bits per heavy atom. The number of hydrogen-bond donors (Lipinski definition) is 1. The molecule has 1 heterocycles. The van der Waals surface area contributed by atoms with E-state index >= 15 is 0 Å². The van der Waals surface area contributed by atoms with Gasteiger partial charge in [0.1, 0.15) is 5.82 Å². The quantitative estimate of drug-likeness (QED) is 0.863. The largest absolute Gasteiger partial charge is 0.399 e. The summed E-state index contributed by atoms with van der Waals surface area (Å²) in [5, 5.41) is 0.661. The van der Waals surface area contributed by atoms with Crippen LogP contribution in [0.25, 0.3) is 0 Å². The van der Waals surface area contributed by atoms with E-state index in [2.05, 4.69) is 9.80 Å². The molecule has 0 unspecified atom stereocenters. The van der Waals surface area contributed by atoms with Crippen molar-refractivity contribution in [1.29, 1.82) is 0 Å². The smallest absolute Gasteiger partial charge is 0.146 e. The molecule has 0 atom stereocenters. The van der Waals surface area contributed by atoms with Gasteiger partial charge >= 0.3 is 0 Å². The first-order valence-electron chi connectivity index (χ1n) is 6.94. The summed E-state index contributed by atoms with van der Waals surface area (Å²) in [7, 11) is 0. The van der Waals surface area contributed by atoms with Crippen molar-refractivity contribution in [1.82, 2.24) is 0 Å². The molecule has 1 saturated heterocycles. The van der Waals surface area contributed by atoms with Crippen LogP contribution < -0.4 is 15.5 Å². The second-order valence-electron chi connectivity index (χ2n) is 5.14. The van der Waals surface area contributed by atoms with Gasteiger partial charge in [-0.25, -0.2) is 4.39 Å². The summed E-state index contributed by atoms with van der Waals surface area (Å²) in [4.78, 5) is 4.27. The van der Waals surface area contributed by atoms with E-state index in [1.165, 1.54) is 6.07 Å². The number of anilines is 3. The molecule has 110 valence electrons. The number of hydrogen-bond acceptors (Lipinski definition) is 3. The standard InChI is InChI=1S/C16H17ClFN3/c17-13-11-12(19)5-6-15(13)20-7-9-21(10-8-20)16-4-2-1-3-14(16)18/h1-6,11H,7-10,19H2. The Balaban J connectivity index is 1.72. The van der Waals surface area contributed by atoms with Crippen LogP contribution in [0.4, 0.5) is 21.5 Å². The lowest BCUT2D eigenvalue weighted by atomic mass is 10.2. The maximum absolute atomic E-state index is 13.8. The summed E-state index contributed by atoms with van der Waals surface area (Å²) in [5.41, 5.74) is 8.03. The third-order valence-corrected chi connectivity index (χ3v) is 4.09. The van der Waals surface area contributed by atoms with Crippen LogP contribution in [0.2, 0.25) is 5.02 Å². The van der Waals surface area contributed by atoms with Crippen LogP contribution in [-0.2, 0) is 0 Å². The van der Waals surface area contributed by atoms with Crippen molar-refractivity contribution in [2.75, 3.05) is 41.7 Å². The van der Waals surface area contributed by atoms with Crippen LogP contribution in [0, 0.1) is 5.82 Å². The minimum absolute atomic E-state index is 0.170. The molecule has 0 radical (unpaired) electrons. The van der Waals surface area contributed by atoms with Gasteiger partial charge in [-0.1, -0.05) is 23.7 Å². The first-order chi connectivity index (χ1) is 10.1. The molecule has 0 amide bonds. The lowest BCUT2D eigenvalue weighted by Crippen LogP contribution is -2.46. The Hall–Kier alpha value is -1.94. The topological polar surface area (TPSA) is 32.5 Å². The minimum Gasteiger partial charge on any atom is -0.399 e. The van der Waals surface area contributed by atoms with Crippen molar-refractivity contribution >= 4 is 28.7 Å². The van der Waals surface area contributed by atoms with E-state index in [-0.39, 0.29) is 5.82 Å². The number of nitrogens with two attached hydrogens (primary N) is 1. The second kappa shape index (κ2) is 5.82. The van der Waals surface area contributed by atoms with E-state index in [9.17, 15) is 4.39 Å². The molecule has 0 bridgehead atoms. The molecule has 1 aliphatic heterocycles. The average molecular weight is 306 g/mol. The highest BCUT2D eigenvalue weighted by molar-refractivity contribution is 6.33. The molecular weight excluding hydrogens is 289 g/mol. The maximum Gasteiger partial charge on any atom is 0.146 e. The van der Waals surface area contributed by atoms with Gasteiger partial charge < -0.3 is 15.5 Å². The molecule has 21 heavy (non-hydrogen) atoms. The Bertz CT molecular complexity index is 639. The van der Waals surface area contributed by atoms with Crippen molar-refractivity contribution in [3.05, 3.63) is 53.3 Å². The molecule has 2 aromatic carbocycles. The van der Waals surface area contributed by atoms with Crippen LogP contribution in [0.5, 0.6) is 0 Å². The first-order valence-corrected chi connectivity index (χ1v) is 7.32. The zero-order chi connectivity index (χ0) is 14.8. The van der Waals surface area contributed by atoms with E-state index in [1.807, 2.05) is 24.3 Å². The molecule has 1 aliphatic rings. The third kappa shape index (κ3) is 2.90. The van der Waals surface area contributed by atoms with Crippen LogP contribution in [0.15, 0.2) is 42.5 Å². The fourth-order valence-corrected chi connectivity index (χ4v) is 2.98. The van der Waals surface area contributed by atoms with Gasteiger partial charge in [-0.2, -0.15) is 0 Å². The molecule has 0 aromatic heterocycles. The number of nitrogen functional groups attached to an aromatic ring is 1. The zero-order valence-corrected chi connectivity index (χ0v) is 12.4. The van der Waals surface area contributed by atoms with Gasteiger partial charge in [-0.3, -0.25) is 0 Å². The average Bonchev–Trinajstić information content (AvgIpc) is 2.48. The molecule has 3 rings (SSSR count). The molecule has 2 N–H and O–H groups in total. The molecule has 5 heteroatoms. The van der Waals surface area contributed by atoms with Gasteiger partial charge in [0, 0.05) is 31.9 Å². The number of halogens is 2. The molecule has 0 spiro atoms. The highest BCUT2D eigenvalue weighted by Gasteiger charge is 2.20. The molecule has 2 aromatic rings. The summed E-state index contributed by atoms with van der Waals surface area (Å²) < 4.78 is 13.8. The molecule has 1 fully saturated rings. The summed E-state index contributed by atoms with van der Waals surface area (Å²) in [6, 6.07) is 12.5. The second-order valence-corrected chi connectivity index (χ2v) is 5.54. The van der Waals surface area contributed by atoms with Crippen molar-refractivity contribution in [2.24, 2.45) is 0 Å². The maximum atomic E-state index is 13.8. The fraction of sp³-hybridized carbons (Fsp3) is 0.250. The Morgan fingerprint density at radius 1 is 0.905 bits per heavy atom. The van der Waals surface area contributed by atoms with Gasteiger partial charge in [-0.15, -0.1) is 0 Å². The summed E-state index contributed by atoms with van der Waals surface area (Å²) in [5.74, 6) is -0.170. The number of nitrogens with zero attached hydrogens (tertiary/aromatic N) is 2. The molecule has 3 nitrogen and oxygen atoms in total. The van der Waals surface area contributed by atoms with E-state index < -0.39 is 0 Å². The predicted octanol–water partition coefficient (Wildman–Crippen LogP) is 3.39. The molecule has 0 aliphatic carbocycles. The zero-order valence-electron chi connectivity index (χ0n) is 11.6. The van der Waals surface area contributed by atoms with Crippen LogP contribution in [0.3, 0.4) is 0 Å². The Morgan fingerprint density at radius 3 is 2.14 bits per heavy atom. The Kier molecular flexibility index (Phi) is 3.88. The van der Waals surface area contributed by atoms with Gasteiger partial charge in [-0.05, 0) is 30.3 Å². The highest BCUT2D eigenvalue weighted by Crippen LogP contribution is 2.29. The van der Waals surface area contributed by atoms with E-state index in [1.54, 1.807) is 12.1 Å². The summed E-state index contributed by atoms with van der Waals surface area (Å²) >= 11 is 6.25. The lowest BCUT2D eigenvalue weighted by molar-refractivity contribution is 0.598. The van der Waals surface area contributed by atoms with Crippen molar-refractivity contribution in [2.45, 2.75) is 0 Å². The van der Waals surface area contributed by atoms with Crippen LogP contribution in [-0.4, -0.2) is 26.2 Å². The highest BCUT2D eigenvalue weighted by atomic mass is 35.5. The third-order valence-electron chi connectivity index (χ3n) is 3.79. The number of rotatable bonds is 2. The van der Waals surface area contributed by atoms with Crippen LogP contribution in [0.1, 0.15) is 0 Å². The van der Waals surface area contributed by atoms with Gasteiger partial charge in [0.15, 0.2) is 0 Å². The summed E-state index contributed by atoms with van der Waals surface area (Å²) in [6.07, 6.45) is 0. The normalized spacial score (nSPS) is 15.3. The summed E-state index contributed by atoms with van der Waals surface area (Å²) in [6.45, 7) is 3.14. The number of piperazine rings is 1. The van der Waals surface area contributed by atoms with Gasteiger partial charge in [0.25, 0.3) is 0 Å². The predicted molar refractivity (Wildman–Crippen MR) is 86.7 cm³/mol. The first kappa shape index (κ1) is 14.0. The molecular formula is C16H17ClFN3. The Labute approximate surface area is 128 Å². The van der Waals surface area contributed by atoms with Crippen molar-refractivity contribution in [3.8, 4) is 0 Å². The van der Waals surface area contributed by atoms with Crippen molar-refractivity contribution < 1.29 is 4.39 Å². The number of benzene rings is 2. The van der Waals surface area contributed by atoms with Gasteiger partial charge in [0.05, 0.1) is 16.4 Å². The van der Waals surface area contributed by atoms with E-state index in [0.29, 0.717) is 16.4 Å². The van der Waals surface area contributed by atoms with Crippen LogP contribution >= 0.6 is 11.6 Å². The lowest BCUT2D eigenvalue weighted by Gasteiger charge is -2.37. The van der Waals surface area contributed by atoms with E-state index in [4.69, 9.17) is 17.3 Å². The van der Waals surface area contributed by atoms with Gasteiger partial charge in [0.2, 0.25) is 0 Å². The number of para-hydroxylation sites is 1. The van der Waals surface area contributed by atoms with E-state index in [0.717, 1.165) is 31.9 Å². The molecule has 0 saturated carbocycles.